The monoisotopic (exact) mass is 294 g/mol. The van der Waals surface area contributed by atoms with E-state index in [2.05, 4.69) is 5.32 Å². The van der Waals surface area contributed by atoms with Crippen molar-refractivity contribution in [1.29, 1.82) is 0 Å². The number of piperidine rings is 1. The van der Waals surface area contributed by atoms with Crippen molar-refractivity contribution in [3.8, 4) is 5.75 Å². The average Bonchev–Trinajstić information content (AvgIpc) is 2.49. The maximum Gasteiger partial charge on any atom is 0.335 e. The maximum absolute atomic E-state index is 12.1. The Bertz CT molecular complexity index is 538. The number of carbonyl (C=O) groups is 2. The van der Waals surface area contributed by atoms with E-state index in [1.807, 2.05) is 0 Å². The van der Waals surface area contributed by atoms with Crippen LogP contribution in [-0.4, -0.2) is 53.4 Å². The molecule has 0 saturated carbocycles. The molecule has 1 aromatic rings. The van der Waals surface area contributed by atoms with Gasteiger partial charge in [-0.3, -0.25) is 0 Å². The zero-order valence-electron chi connectivity index (χ0n) is 11.7. The molecule has 0 bridgehead atoms. The van der Waals surface area contributed by atoms with E-state index in [4.69, 9.17) is 9.84 Å². The Kier molecular flexibility index (Phi) is 4.64. The molecule has 0 spiro atoms. The smallest absolute Gasteiger partial charge is 0.335 e. The zero-order valence-corrected chi connectivity index (χ0v) is 11.7. The molecule has 7 heteroatoms. The third-order valence-electron chi connectivity index (χ3n) is 3.55. The molecule has 0 atom stereocenters. The molecule has 2 amide bonds. The Balaban J connectivity index is 1.98. The SMILES string of the molecule is COC1CCN(C(=O)Nc2ccc(C(=O)O)cc2O)CC1. The molecule has 1 fully saturated rings. The summed E-state index contributed by atoms with van der Waals surface area (Å²) >= 11 is 0. The Morgan fingerprint density at radius 2 is 2.00 bits per heavy atom. The minimum Gasteiger partial charge on any atom is -0.506 e. The minimum atomic E-state index is -1.13. The molecular weight excluding hydrogens is 276 g/mol. The van der Waals surface area contributed by atoms with Crippen LogP contribution in [0.1, 0.15) is 23.2 Å². The highest BCUT2D eigenvalue weighted by Gasteiger charge is 2.23. The van der Waals surface area contributed by atoms with Crippen molar-refractivity contribution in [3.63, 3.8) is 0 Å². The van der Waals surface area contributed by atoms with Crippen LogP contribution < -0.4 is 5.32 Å². The third-order valence-corrected chi connectivity index (χ3v) is 3.55. The topological polar surface area (TPSA) is 99.1 Å². The molecule has 3 N–H and O–H groups in total. The predicted octanol–water partition coefficient (Wildman–Crippen LogP) is 1.73. The number of phenols is 1. The van der Waals surface area contributed by atoms with Crippen LogP contribution in [0.4, 0.5) is 10.5 Å². The largest absolute Gasteiger partial charge is 0.506 e. The molecule has 7 nitrogen and oxygen atoms in total. The van der Waals surface area contributed by atoms with Gasteiger partial charge in [-0.25, -0.2) is 9.59 Å². The number of aromatic carboxylic acids is 1. The summed E-state index contributed by atoms with van der Waals surface area (Å²) in [6.45, 7) is 1.16. The number of likely N-dealkylation sites (tertiary alicyclic amines) is 1. The van der Waals surface area contributed by atoms with Gasteiger partial charge in [-0.15, -0.1) is 0 Å². The third kappa shape index (κ3) is 3.63. The highest BCUT2D eigenvalue weighted by molar-refractivity contribution is 5.93. The molecule has 0 radical (unpaired) electrons. The van der Waals surface area contributed by atoms with Crippen molar-refractivity contribution >= 4 is 17.7 Å². The van der Waals surface area contributed by atoms with Crippen LogP contribution in [0.2, 0.25) is 0 Å². The number of nitrogens with zero attached hydrogens (tertiary/aromatic N) is 1. The van der Waals surface area contributed by atoms with Crippen LogP contribution in [-0.2, 0) is 4.74 Å². The van der Waals surface area contributed by atoms with Crippen molar-refractivity contribution in [2.45, 2.75) is 18.9 Å². The highest BCUT2D eigenvalue weighted by Crippen LogP contribution is 2.25. The van der Waals surface area contributed by atoms with Crippen molar-refractivity contribution in [2.24, 2.45) is 0 Å². The number of hydrogen-bond donors (Lipinski definition) is 3. The van der Waals surface area contributed by atoms with Gasteiger partial charge in [0.05, 0.1) is 17.4 Å². The van der Waals surface area contributed by atoms with Crippen LogP contribution in [0, 0.1) is 0 Å². The second kappa shape index (κ2) is 6.45. The van der Waals surface area contributed by atoms with Gasteiger partial charge in [0.25, 0.3) is 0 Å². The van der Waals surface area contributed by atoms with E-state index in [0.717, 1.165) is 18.9 Å². The number of anilines is 1. The first-order chi connectivity index (χ1) is 10.0. The molecule has 1 heterocycles. The normalized spacial score (nSPS) is 15.8. The molecule has 1 aliphatic heterocycles. The van der Waals surface area contributed by atoms with Crippen LogP contribution in [0.3, 0.4) is 0 Å². The van der Waals surface area contributed by atoms with E-state index < -0.39 is 5.97 Å². The lowest BCUT2D eigenvalue weighted by molar-refractivity contribution is 0.0521. The number of ether oxygens (including phenoxy) is 1. The summed E-state index contributed by atoms with van der Waals surface area (Å²) in [4.78, 5) is 24.5. The van der Waals surface area contributed by atoms with E-state index in [9.17, 15) is 14.7 Å². The van der Waals surface area contributed by atoms with Gasteiger partial charge in [-0.1, -0.05) is 0 Å². The number of benzene rings is 1. The molecule has 114 valence electrons. The van der Waals surface area contributed by atoms with Crippen LogP contribution in [0.5, 0.6) is 5.75 Å². The molecule has 1 saturated heterocycles. The summed E-state index contributed by atoms with van der Waals surface area (Å²) in [6.07, 6.45) is 1.72. The van der Waals surface area contributed by atoms with Crippen molar-refractivity contribution in [2.75, 3.05) is 25.5 Å². The first-order valence-corrected chi connectivity index (χ1v) is 6.66. The number of carboxylic acids is 1. The van der Waals surface area contributed by atoms with Gasteiger partial charge in [-0.05, 0) is 31.0 Å². The van der Waals surface area contributed by atoms with E-state index in [-0.39, 0.29) is 29.1 Å². The summed E-state index contributed by atoms with van der Waals surface area (Å²) in [6, 6.07) is 3.49. The number of hydrogen-bond acceptors (Lipinski definition) is 4. The molecule has 2 rings (SSSR count). The lowest BCUT2D eigenvalue weighted by Gasteiger charge is -2.31. The summed E-state index contributed by atoms with van der Waals surface area (Å²) in [5.74, 6) is -1.40. The molecule has 21 heavy (non-hydrogen) atoms. The number of nitrogens with one attached hydrogen (secondary N) is 1. The van der Waals surface area contributed by atoms with Gasteiger partial charge < -0.3 is 25.2 Å². The number of carbonyl (C=O) groups excluding carboxylic acids is 1. The highest BCUT2D eigenvalue weighted by atomic mass is 16.5. The maximum atomic E-state index is 12.1. The second-order valence-electron chi connectivity index (χ2n) is 4.89. The Labute approximate surface area is 122 Å². The Morgan fingerprint density at radius 3 is 2.52 bits per heavy atom. The quantitative estimate of drug-likeness (QED) is 0.737. The fourth-order valence-corrected chi connectivity index (χ4v) is 2.26. The van der Waals surface area contributed by atoms with Crippen molar-refractivity contribution < 1.29 is 24.5 Å². The van der Waals surface area contributed by atoms with Gasteiger partial charge in [0, 0.05) is 20.2 Å². The summed E-state index contributed by atoms with van der Waals surface area (Å²) in [7, 11) is 1.66. The minimum absolute atomic E-state index is 0.0357. The molecule has 0 aliphatic carbocycles. The lowest BCUT2D eigenvalue weighted by atomic mass is 10.1. The number of carboxylic acid groups (broad SMARTS) is 1. The van der Waals surface area contributed by atoms with Crippen molar-refractivity contribution in [3.05, 3.63) is 23.8 Å². The molecule has 0 aromatic heterocycles. The van der Waals surface area contributed by atoms with E-state index in [1.54, 1.807) is 12.0 Å². The van der Waals surface area contributed by atoms with E-state index in [1.165, 1.54) is 12.1 Å². The van der Waals surface area contributed by atoms with Crippen LogP contribution in [0.15, 0.2) is 18.2 Å². The lowest BCUT2D eigenvalue weighted by Crippen LogP contribution is -2.42. The fraction of sp³-hybridized carbons (Fsp3) is 0.429. The zero-order chi connectivity index (χ0) is 15.4. The summed E-state index contributed by atoms with van der Waals surface area (Å²) < 4.78 is 5.24. The number of phenolic OH excluding ortho intramolecular Hbond substituents is 1. The number of methoxy groups -OCH3 is 1. The first kappa shape index (κ1) is 15.1. The van der Waals surface area contributed by atoms with Gasteiger partial charge in [0.15, 0.2) is 0 Å². The standard InChI is InChI=1S/C14H18N2O5/c1-21-10-4-6-16(7-5-10)14(20)15-11-3-2-9(13(18)19)8-12(11)17/h2-3,8,10,17H,4-7H2,1H3,(H,15,20)(H,18,19). The van der Waals surface area contributed by atoms with Gasteiger partial charge in [-0.2, -0.15) is 0 Å². The molecule has 0 unspecified atom stereocenters. The first-order valence-electron chi connectivity index (χ1n) is 6.66. The van der Waals surface area contributed by atoms with Gasteiger partial charge >= 0.3 is 12.0 Å². The number of urea groups is 1. The number of amides is 2. The fourth-order valence-electron chi connectivity index (χ4n) is 2.26. The molecular formula is C14H18N2O5. The molecule has 1 aromatic carbocycles. The Hall–Kier alpha value is -2.28. The van der Waals surface area contributed by atoms with E-state index >= 15 is 0 Å². The van der Waals surface area contributed by atoms with Gasteiger partial charge in [0.1, 0.15) is 5.75 Å². The second-order valence-corrected chi connectivity index (χ2v) is 4.89. The average molecular weight is 294 g/mol. The predicted molar refractivity (Wildman–Crippen MR) is 75.7 cm³/mol. The van der Waals surface area contributed by atoms with Gasteiger partial charge in [0.2, 0.25) is 0 Å². The Morgan fingerprint density at radius 1 is 1.33 bits per heavy atom. The molecule has 1 aliphatic rings. The summed E-state index contributed by atoms with van der Waals surface area (Å²) in [5, 5.41) is 21.1. The van der Waals surface area contributed by atoms with Crippen LogP contribution in [0.25, 0.3) is 0 Å². The number of aromatic hydroxyl groups is 1. The number of rotatable bonds is 3. The summed E-state index contributed by atoms with van der Waals surface area (Å²) in [5.41, 5.74) is 0.158. The van der Waals surface area contributed by atoms with E-state index in [0.29, 0.717) is 13.1 Å². The van der Waals surface area contributed by atoms with Crippen LogP contribution >= 0.6 is 0 Å². The van der Waals surface area contributed by atoms with Crippen molar-refractivity contribution in [1.82, 2.24) is 4.90 Å².